The summed E-state index contributed by atoms with van der Waals surface area (Å²) < 4.78 is 18.9. The molecule has 0 radical (unpaired) electrons. The van der Waals surface area contributed by atoms with Crippen molar-refractivity contribution in [3.8, 4) is 5.75 Å². The summed E-state index contributed by atoms with van der Waals surface area (Å²) in [5, 5.41) is 3.27. The van der Waals surface area contributed by atoms with E-state index in [-0.39, 0.29) is 11.9 Å². The molecule has 4 heteroatoms. The SMILES string of the molecule is CNCC1CCCCN1C(C)c1ccc(OC)c(F)c1. The molecule has 1 aliphatic rings. The smallest absolute Gasteiger partial charge is 0.165 e. The van der Waals surface area contributed by atoms with E-state index in [4.69, 9.17) is 4.74 Å². The van der Waals surface area contributed by atoms with E-state index in [0.717, 1.165) is 18.7 Å². The molecule has 1 N–H and O–H groups in total. The summed E-state index contributed by atoms with van der Waals surface area (Å²) >= 11 is 0. The van der Waals surface area contributed by atoms with Crippen LogP contribution in [-0.2, 0) is 0 Å². The molecular formula is C16H25FN2O. The monoisotopic (exact) mass is 280 g/mol. The lowest BCUT2D eigenvalue weighted by molar-refractivity contribution is 0.103. The lowest BCUT2D eigenvalue weighted by Gasteiger charge is -2.40. The molecule has 0 amide bonds. The Bertz CT molecular complexity index is 436. The number of methoxy groups -OCH3 is 1. The van der Waals surface area contributed by atoms with Gasteiger partial charge < -0.3 is 10.1 Å². The summed E-state index contributed by atoms with van der Waals surface area (Å²) in [5.41, 5.74) is 1.02. The van der Waals surface area contributed by atoms with Crippen LogP contribution in [0.25, 0.3) is 0 Å². The fraction of sp³-hybridized carbons (Fsp3) is 0.625. The minimum absolute atomic E-state index is 0.231. The predicted octanol–water partition coefficient (Wildman–Crippen LogP) is 2.97. The van der Waals surface area contributed by atoms with E-state index in [1.807, 2.05) is 13.1 Å². The summed E-state index contributed by atoms with van der Waals surface area (Å²) in [7, 11) is 3.49. The quantitative estimate of drug-likeness (QED) is 0.897. The van der Waals surface area contributed by atoms with Crippen molar-refractivity contribution in [2.75, 3.05) is 27.2 Å². The summed E-state index contributed by atoms with van der Waals surface area (Å²) in [5.74, 6) is 0.0328. The Hall–Kier alpha value is -1.13. The van der Waals surface area contributed by atoms with Crippen LogP contribution in [0.5, 0.6) is 5.75 Å². The average molecular weight is 280 g/mol. The standard InChI is InChI=1S/C16H25FN2O/c1-12(13-7-8-16(20-3)15(17)10-13)19-9-5-4-6-14(19)11-18-2/h7-8,10,12,14,18H,4-6,9,11H2,1-3H3. The highest BCUT2D eigenvalue weighted by Crippen LogP contribution is 2.30. The molecule has 1 saturated heterocycles. The van der Waals surface area contributed by atoms with Crippen LogP contribution < -0.4 is 10.1 Å². The maximum Gasteiger partial charge on any atom is 0.165 e. The molecule has 1 aromatic rings. The maximum atomic E-state index is 13.9. The van der Waals surface area contributed by atoms with Crippen LogP contribution in [0.1, 0.15) is 37.8 Å². The normalized spacial score (nSPS) is 21.7. The van der Waals surface area contributed by atoms with Crippen LogP contribution in [0.4, 0.5) is 4.39 Å². The van der Waals surface area contributed by atoms with Crippen LogP contribution in [0.3, 0.4) is 0 Å². The predicted molar refractivity (Wildman–Crippen MR) is 79.6 cm³/mol. The first kappa shape index (κ1) is 15.3. The molecule has 1 aromatic carbocycles. The van der Waals surface area contributed by atoms with Crippen LogP contribution in [0.15, 0.2) is 18.2 Å². The molecule has 1 heterocycles. The number of benzene rings is 1. The van der Waals surface area contributed by atoms with Crippen molar-refractivity contribution in [1.82, 2.24) is 10.2 Å². The first-order valence-corrected chi connectivity index (χ1v) is 7.41. The number of nitrogens with zero attached hydrogens (tertiary/aromatic N) is 1. The summed E-state index contributed by atoms with van der Waals surface area (Å²) in [4.78, 5) is 2.49. The van der Waals surface area contributed by atoms with Crippen molar-refractivity contribution in [3.05, 3.63) is 29.6 Å². The molecule has 20 heavy (non-hydrogen) atoms. The molecule has 3 nitrogen and oxygen atoms in total. The topological polar surface area (TPSA) is 24.5 Å². The van der Waals surface area contributed by atoms with Gasteiger partial charge in [-0.1, -0.05) is 12.5 Å². The molecular weight excluding hydrogens is 255 g/mol. The van der Waals surface area contributed by atoms with E-state index < -0.39 is 0 Å². The van der Waals surface area contributed by atoms with Crippen LogP contribution in [-0.4, -0.2) is 38.2 Å². The molecule has 1 aliphatic heterocycles. The second-order valence-corrected chi connectivity index (χ2v) is 5.52. The number of nitrogens with one attached hydrogen (secondary N) is 1. The van der Waals surface area contributed by atoms with Crippen molar-refractivity contribution < 1.29 is 9.13 Å². The number of likely N-dealkylation sites (tertiary alicyclic amines) is 1. The molecule has 0 bridgehead atoms. The number of halogens is 1. The zero-order valence-electron chi connectivity index (χ0n) is 12.7. The van der Waals surface area contributed by atoms with Crippen molar-refractivity contribution in [2.24, 2.45) is 0 Å². The molecule has 0 saturated carbocycles. The van der Waals surface area contributed by atoms with Crippen molar-refractivity contribution in [2.45, 2.75) is 38.3 Å². The van der Waals surface area contributed by atoms with Crippen molar-refractivity contribution >= 4 is 0 Å². The van der Waals surface area contributed by atoms with Crippen LogP contribution in [0.2, 0.25) is 0 Å². The molecule has 0 spiro atoms. The molecule has 2 unspecified atom stereocenters. The summed E-state index contributed by atoms with van der Waals surface area (Å²) in [6.45, 7) is 4.24. The van der Waals surface area contributed by atoms with Gasteiger partial charge >= 0.3 is 0 Å². The van der Waals surface area contributed by atoms with Gasteiger partial charge in [0, 0.05) is 18.6 Å². The Morgan fingerprint density at radius 1 is 1.45 bits per heavy atom. The van der Waals surface area contributed by atoms with Gasteiger partial charge in [0.1, 0.15) is 0 Å². The number of likely N-dealkylation sites (N-methyl/N-ethyl adjacent to an activating group) is 1. The van der Waals surface area contributed by atoms with Gasteiger partial charge in [-0.05, 0) is 51.1 Å². The van der Waals surface area contributed by atoms with E-state index in [1.54, 1.807) is 12.1 Å². The lowest BCUT2D eigenvalue weighted by atomic mass is 9.97. The third-order valence-corrected chi connectivity index (χ3v) is 4.27. The Labute approximate surface area is 121 Å². The highest BCUT2D eigenvalue weighted by molar-refractivity contribution is 5.31. The second kappa shape index (κ2) is 7.04. The molecule has 2 rings (SSSR count). The second-order valence-electron chi connectivity index (χ2n) is 5.52. The highest BCUT2D eigenvalue weighted by atomic mass is 19.1. The lowest BCUT2D eigenvalue weighted by Crippen LogP contribution is -2.45. The van der Waals surface area contributed by atoms with Gasteiger partial charge in [-0.25, -0.2) is 4.39 Å². The van der Waals surface area contributed by atoms with E-state index in [2.05, 4.69) is 17.1 Å². The zero-order chi connectivity index (χ0) is 14.5. The van der Waals surface area contributed by atoms with Gasteiger partial charge in [0.25, 0.3) is 0 Å². The summed E-state index contributed by atoms with van der Waals surface area (Å²) in [6.07, 6.45) is 3.72. The Kier molecular flexibility index (Phi) is 5.38. The Morgan fingerprint density at radius 2 is 2.25 bits per heavy atom. The molecule has 1 fully saturated rings. The fourth-order valence-corrected chi connectivity index (χ4v) is 3.12. The Balaban J connectivity index is 2.15. The summed E-state index contributed by atoms with van der Waals surface area (Å²) in [6, 6.07) is 6.06. The minimum Gasteiger partial charge on any atom is -0.494 e. The number of hydrogen-bond acceptors (Lipinski definition) is 3. The third-order valence-electron chi connectivity index (χ3n) is 4.27. The van der Waals surface area contributed by atoms with Crippen LogP contribution >= 0.6 is 0 Å². The van der Waals surface area contributed by atoms with E-state index in [0.29, 0.717) is 11.8 Å². The first-order valence-electron chi connectivity index (χ1n) is 7.41. The molecule has 0 aromatic heterocycles. The number of piperidine rings is 1. The largest absolute Gasteiger partial charge is 0.494 e. The van der Waals surface area contributed by atoms with Crippen molar-refractivity contribution in [1.29, 1.82) is 0 Å². The third kappa shape index (κ3) is 3.30. The van der Waals surface area contributed by atoms with Gasteiger partial charge in [0.05, 0.1) is 7.11 Å². The average Bonchev–Trinajstić information content (AvgIpc) is 2.47. The fourth-order valence-electron chi connectivity index (χ4n) is 3.12. The van der Waals surface area contributed by atoms with Gasteiger partial charge in [-0.2, -0.15) is 0 Å². The molecule has 0 aliphatic carbocycles. The van der Waals surface area contributed by atoms with E-state index >= 15 is 0 Å². The number of ether oxygens (including phenoxy) is 1. The van der Waals surface area contributed by atoms with Gasteiger partial charge in [0.15, 0.2) is 11.6 Å². The maximum absolute atomic E-state index is 13.9. The zero-order valence-corrected chi connectivity index (χ0v) is 12.7. The van der Waals surface area contributed by atoms with Gasteiger partial charge in [-0.3, -0.25) is 4.90 Å². The molecule has 112 valence electrons. The van der Waals surface area contributed by atoms with Crippen molar-refractivity contribution in [3.63, 3.8) is 0 Å². The number of hydrogen-bond donors (Lipinski definition) is 1. The van der Waals surface area contributed by atoms with Gasteiger partial charge in [0.2, 0.25) is 0 Å². The molecule has 2 atom stereocenters. The van der Waals surface area contributed by atoms with E-state index in [1.165, 1.54) is 26.4 Å². The minimum atomic E-state index is -0.279. The van der Waals surface area contributed by atoms with Gasteiger partial charge in [-0.15, -0.1) is 0 Å². The number of rotatable bonds is 5. The van der Waals surface area contributed by atoms with E-state index in [9.17, 15) is 4.39 Å². The highest BCUT2D eigenvalue weighted by Gasteiger charge is 2.27. The van der Waals surface area contributed by atoms with Crippen LogP contribution in [0, 0.1) is 5.82 Å². The first-order chi connectivity index (χ1) is 9.67. The Morgan fingerprint density at radius 3 is 2.90 bits per heavy atom.